The fourth-order valence-corrected chi connectivity index (χ4v) is 0.963. The van der Waals surface area contributed by atoms with Gasteiger partial charge in [0.15, 0.2) is 0 Å². The molecular weight excluding hydrogens is 128 g/mol. The molecule has 2 heteroatoms. The van der Waals surface area contributed by atoms with E-state index in [2.05, 4.69) is 6.92 Å². The third-order valence-electron chi connectivity index (χ3n) is 1.99. The molecular formula is C8H18O2. The second kappa shape index (κ2) is 3.94. The Hall–Kier alpha value is -0.0800. The molecule has 0 aromatic heterocycles. The summed E-state index contributed by atoms with van der Waals surface area (Å²) < 4.78 is 5.02. The summed E-state index contributed by atoms with van der Waals surface area (Å²) in [6, 6.07) is 0. The number of hydrogen-bond donors (Lipinski definition) is 1. The lowest BCUT2D eigenvalue weighted by Crippen LogP contribution is -2.38. The molecule has 0 spiro atoms. The Morgan fingerprint density at radius 1 is 1.60 bits per heavy atom. The van der Waals surface area contributed by atoms with Crippen LogP contribution in [0.3, 0.4) is 0 Å². The van der Waals surface area contributed by atoms with E-state index >= 15 is 0 Å². The third-order valence-corrected chi connectivity index (χ3v) is 1.99. The Balaban J connectivity index is 3.82. The maximum absolute atomic E-state index is 9.66. The molecule has 2 nitrogen and oxygen atoms in total. The molecule has 0 amide bonds. The van der Waals surface area contributed by atoms with E-state index in [9.17, 15) is 5.11 Å². The molecule has 0 fully saturated rings. The van der Waals surface area contributed by atoms with Crippen molar-refractivity contribution < 1.29 is 9.84 Å². The zero-order valence-corrected chi connectivity index (χ0v) is 7.35. The second-order valence-electron chi connectivity index (χ2n) is 2.99. The fraction of sp³-hybridized carbons (Fsp3) is 1.00. The number of hydrogen-bond acceptors (Lipinski definition) is 2. The summed E-state index contributed by atoms with van der Waals surface area (Å²) in [5, 5.41) is 9.66. The summed E-state index contributed by atoms with van der Waals surface area (Å²) in [6.07, 6.45) is 1.70. The Bertz CT molecular complexity index is 89.3. The van der Waals surface area contributed by atoms with E-state index in [4.69, 9.17) is 4.74 Å². The highest BCUT2D eigenvalue weighted by atomic mass is 16.5. The Morgan fingerprint density at radius 3 is 2.40 bits per heavy atom. The molecule has 0 aliphatic carbocycles. The van der Waals surface area contributed by atoms with Crippen molar-refractivity contribution >= 4 is 0 Å². The summed E-state index contributed by atoms with van der Waals surface area (Å²) in [6.45, 7) is 5.75. The van der Waals surface area contributed by atoms with Gasteiger partial charge >= 0.3 is 0 Å². The predicted octanol–water partition coefficient (Wildman–Crippen LogP) is 1.57. The summed E-state index contributed by atoms with van der Waals surface area (Å²) >= 11 is 0. The normalized spacial score (nSPS) is 20.1. The quantitative estimate of drug-likeness (QED) is 0.652. The van der Waals surface area contributed by atoms with Crippen LogP contribution >= 0.6 is 0 Å². The van der Waals surface area contributed by atoms with Crippen molar-refractivity contribution in [2.45, 2.75) is 45.3 Å². The molecule has 1 N–H and O–H groups in total. The summed E-state index contributed by atoms with van der Waals surface area (Å²) in [7, 11) is 1.62. The van der Waals surface area contributed by atoms with Crippen LogP contribution in [0.4, 0.5) is 0 Å². The largest absolute Gasteiger partial charge is 0.387 e. The van der Waals surface area contributed by atoms with E-state index in [-0.39, 0.29) is 6.10 Å². The van der Waals surface area contributed by atoms with Gasteiger partial charge < -0.3 is 9.84 Å². The van der Waals surface area contributed by atoms with E-state index in [1.165, 1.54) is 0 Å². The number of methoxy groups -OCH3 is 1. The van der Waals surface area contributed by atoms with Gasteiger partial charge in [0.05, 0.1) is 11.7 Å². The minimum atomic E-state index is -0.663. The van der Waals surface area contributed by atoms with Gasteiger partial charge in [0.2, 0.25) is 0 Å². The van der Waals surface area contributed by atoms with Crippen LogP contribution in [0.5, 0.6) is 0 Å². The van der Waals surface area contributed by atoms with Crippen LogP contribution in [0.1, 0.15) is 33.6 Å². The molecule has 0 aromatic rings. The summed E-state index contributed by atoms with van der Waals surface area (Å²) in [5.41, 5.74) is -0.663. The average Bonchev–Trinajstić information content (AvgIpc) is 1.86. The van der Waals surface area contributed by atoms with Gasteiger partial charge in [0.1, 0.15) is 0 Å². The summed E-state index contributed by atoms with van der Waals surface area (Å²) in [4.78, 5) is 0. The Morgan fingerprint density at radius 2 is 2.10 bits per heavy atom. The highest BCUT2D eigenvalue weighted by Gasteiger charge is 2.26. The highest BCUT2D eigenvalue weighted by Crippen LogP contribution is 2.18. The molecule has 0 heterocycles. The lowest BCUT2D eigenvalue weighted by Gasteiger charge is -2.28. The molecule has 2 atom stereocenters. The van der Waals surface area contributed by atoms with Crippen LogP contribution in [-0.4, -0.2) is 23.9 Å². The first-order valence-corrected chi connectivity index (χ1v) is 3.79. The molecule has 0 saturated heterocycles. The van der Waals surface area contributed by atoms with Gasteiger partial charge in [-0.2, -0.15) is 0 Å². The van der Waals surface area contributed by atoms with Gasteiger partial charge in [-0.1, -0.05) is 13.3 Å². The Labute approximate surface area is 63.2 Å². The van der Waals surface area contributed by atoms with Gasteiger partial charge in [-0.25, -0.2) is 0 Å². The number of aliphatic hydroxyl groups is 1. The smallest absolute Gasteiger partial charge is 0.0877 e. The van der Waals surface area contributed by atoms with Crippen LogP contribution in [0.2, 0.25) is 0 Å². The van der Waals surface area contributed by atoms with Crippen molar-refractivity contribution in [3.8, 4) is 0 Å². The fourth-order valence-electron chi connectivity index (χ4n) is 0.963. The van der Waals surface area contributed by atoms with Crippen LogP contribution < -0.4 is 0 Å². The molecule has 2 unspecified atom stereocenters. The molecule has 0 aromatic carbocycles. The number of rotatable bonds is 4. The summed E-state index contributed by atoms with van der Waals surface area (Å²) in [5.74, 6) is 0. The molecule has 0 aliphatic rings. The van der Waals surface area contributed by atoms with E-state index in [0.717, 1.165) is 12.8 Å². The standard InChI is InChI=1S/C8H18O2/c1-5-6-8(3,9)7(2)10-4/h7,9H,5-6H2,1-4H3. The van der Waals surface area contributed by atoms with Crippen LogP contribution in [0.25, 0.3) is 0 Å². The maximum atomic E-state index is 9.66. The minimum Gasteiger partial charge on any atom is -0.387 e. The zero-order chi connectivity index (χ0) is 8.20. The van der Waals surface area contributed by atoms with Crippen molar-refractivity contribution in [2.24, 2.45) is 0 Å². The Kier molecular flexibility index (Phi) is 3.91. The van der Waals surface area contributed by atoms with E-state index in [0.29, 0.717) is 0 Å². The van der Waals surface area contributed by atoms with Crippen molar-refractivity contribution in [3.05, 3.63) is 0 Å². The first kappa shape index (κ1) is 9.92. The average molecular weight is 146 g/mol. The van der Waals surface area contributed by atoms with Crippen molar-refractivity contribution in [3.63, 3.8) is 0 Å². The lowest BCUT2D eigenvalue weighted by molar-refractivity contribution is -0.0771. The van der Waals surface area contributed by atoms with Gasteiger partial charge in [-0.3, -0.25) is 0 Å². The van der Waals surface area contributed by atoms with Crippen LogP contribution in [0.15, 0.2) is 0 Å². The lowest BCUT2D eigenvalue weighted by atomic mass is 9.95. The zero-order valence-electron chi connectivity index (χ0n) is 7.35. The molecule has 10 heavy (non-hydrogen) atoms. The molecule has 0 rings (SSSR count). The third kappa shape index (κ3) is 2.67. The van der Waals surface area contributed by atoms with Crippen molar-refractivity contribution in [1.29, 1.82) is 0 Å². The van der Waals surface area contributed by atoms with Gasteiger partial charge in [-0.05, 0) is 20.3 Å². The minimum absolute atomic E-state index is 0.0764. The van der Waals surface area contributed by atoms with Crippen molar-refractivity contribution in [1.82, 2.24) is 0 Å². The molecule has 0 aliphatic heterocycles. The first-order valence-electron chi connectivity index (χ1n) is 3.79. The van der Waals surface area contributed by atoms with E-state index in [1.807, 2.05) is 13.8 Å². The van der Waals surface area contributed by atoms with Gasteiger partial charge in [0.25, 0.3) is 0 Å². The first-order chi connectivity index (χ1) is 4.54. The SMILES string of the molecule is CCCC(C)(O)C(C)OC. The monoisotopic (exact) mass is 146 g/mol. The highest BCUT2D eigenvalue weighted by molar-refractivity contribution is 4.78. The predicted molar refractivity (Wildman–Crippen MR) is 42.0 cm³/mol. The molecule has 62 valence electrons. The second-order valence-corrected chi connectivity index (χ2v) is 2.99. The maximum Gasteiger partial charge on any atom is 0.0877 e. The van der Waals surface area contributed by atoms with E-state index < -0.39 is 5.60 Å². The number of ether oxygens (including phenoxy) is 1. The van der Waals surface area contributed by atoms with Crippen LogP contribution in [0, 0.1) is 0 Å². The molecule has 0 bridgehead atoms. The molecule has 0 radical (unpaired) electrons. The van der Waals surface area contributed by atoms with Gasteiger partial charge in [0, 0.05) is 7.11 Å². The van der Waals surface area contributed by atoms with Gasteiger partial charge in [-0.15, -0.1) is 0 Å². The topological polar surface area (TPSA) is 29.5 Å². The molecule has 0 saturated carbocycles. The van der Waals surface area contributed by atoms with Crippen LogP contribution in [-0.2, 0) is 4.74 Å². The van der Waals surface area contributed by atoms with E-state index in [1.54, 1.807) is 7.11 Å². The van der Waals surface area contributed by atoms with Crippen molar-refractivity contribution in [2.75, 3.05) is 7.11 Å².